The van der Waals surface area contributed by atoms with Gasteiger partial charge in [0.25, 0.3) is 0 Å². The Morgan fingerprint density at radius 1 is 1.13 bits per heavy atom. The number of carbonyl (C=O) groups excluding carboxylic acids is 1. The first-order valence-electron chi connectivity index (χ1n) is 4.70. The second kappa shape index (κ2) is 3.81. The van der Waals surface area contributed by atoms with Crippen LogP contribution in [0, 0.1) is 0 Å². The quantitative estimate of drug-likeness (QED) is 0.546. The van der Waals surface area contributed by atoms with Crippen LogP contribution in [-0.4, -0.2) is 20.2 Å². The number of fused-ring (bicyclic) bond motifs is 1. The van der Waals surface area contributed by atoms with Gasteiger partial charge in [0.05, 0.1) is 20.6 Å². The molecule has 15 heavy (non-hydrogen) atoms. The van der Waals surface area contributed by atoms with Crippen LogP contribution in [0.2, 0.25) is 0 Å². The monoisotopic (exact) mass is 208 g/mol. The third-order valence-corrected chi connectivity index (χ3v) is 2.39. The van der Waals surface area contributed by atoms with Crippen LogP contribution in [-0.2, 0) is 11.2 Å². The van der Waals surface area contributed by atoms with Crippen molar-refractivity contribution in [2.75, 3.05) is 14.2 Å². The summed E-state index contributed by atoms with van der Waals surface area (Å²) in [6.45, 7) is 0. The Morgan fingerprint density at radius 2 is 1.80 bits per heavy atom. The van der Waals surface area contributed by atoms with E-state index in [9.17, 15) is 4.79 Å². The first-order chi connectivity index (χ1) is 7.24. The van der Waals surface area contributed by atoms with Gasteiger partial charge in [-0.05, 0) is 18.1 Å². The summed E-state index contributed by atoms with van der Waals surface area (Å²) in [5.41, 5.74) is 0.979. The second-order valence-corrected chi connectivity index (χ2v) is 3.29. The predicted molar refractivity (Wildman–Crippen MR) is 53.5 cm³/mol. The maximum Gasteiger partial charge on any atom is 0.311 e. The van der Waals surface area contributed by atoms with Crippen molar-refractivity contribution in [1.29, 1.82) is 0 Å². The van der Waals surface area contributed by atoms with Gasteiger partial charge >= 0.3 is 5.97 Å². The van der Waals surface area contributed by atoms with Crippen molar-refractivity contribution >= 4 is 5.97 Å². The number of rotatable bonds is 2. The zero-order valence-corrected chi connectivity index (χ0v) is 8.70. The highest BCUT2D eigenvalue weighted by Crippen LogP contribution is 2.37. The van der Waals surface area contributed by atoms with Gasteiger partial charge in [0.15, 0.2) is 11.5 Å². The molecule has 0 N–H and O–H groups in total. The second-order valence-electron chi connectivity index (χ2n) is 3.29. The summed E-state index contributed by atoms with van der Waals surface area (Å²) in [5, 5.41) is 0. The highest BCUT2D eigenvalue weighted by molar-refractivity contribution is 5.76. The van der Waals surface area contributed by atoms with E-state index in [0.717, 1.165) is 5.56 Å². The molecule has 0 unspecified atom stereocenters. The number of hydrogen-bond donors (Lipinski definition) is 0. The zero-order valence-electron chi connectivity index (χ0n) is 8.70. The first-order valence-corrected chi connectivity index (χ1v) is 4.70. The summed E-state index contributed by atoms with van der Waals surface area (Å²) < 4.78 is 15.4. The molecule has 1 aliphatic rings. The highest BCUT2D eigenvalue weighted by atomic mass is 16.5. The van der Waals surface area contributed by atoms with Crippen LogP contribution >= 0.6 is 0 Å². The molecule has 0 aromatic heterocycles. The molecule has 1 heterocycles. The molecular formula is C11H12O4. The van der Waals surface area contributed by atoms with Crippen molar-refractivity contribution in [1.82, 2.24) is 0 Å². The van der Waals surface area contributed by atoms with Crippen LogP contribution in [0.25, 0.3) is 0 Å². The van der Waals surface area contributed by atoms with Crippen LogP contribution in [0.1, 0.15) is 12.0 Å². The average Bonchev–Trinajstić information content (AvgIpc) is 2.27. The molecule has 1 aromatic rings. The molecule has 4 heteroatoms. The van der Waals surface area contributed by atoms with Gasteiger partial charge in [-0.1, -0.05) is 0 Å². The smallest absolute Gasteiger partial charge is 0.311 e. The lowest BCUT2D eigenvalue weighted by atomic mass is 10.1. The molecule has 1 aliphatic heterocycles. The SMILES string of the molecule is COc1cc2c(cc1OC)OC(=O)CC2. The molecule has 80 valence electrons. The fourth-order valence-corrected chi connectivity index (χ4v) is 1.60. The van der Waals surface area contributed by atoms with Crippen molar-refractivity contribution in [3.05, 3.63) is 17.7 Å². The summed E-state index contributed by atoms with van der Waals surface area (Å²) in [6, 6.07) is 3.53. The standard InChI is InChI=1S/C11H12O4/c1-13-9-5-7-3-4-11(12)15-8(7)6-10(9)14-2/h5-6H,3-4H2,1-2H3. The molecule has 4 nitrogen and oxygen atoms in total. The Bertz CT molecular complexity index is 398. The van der Waals surface area contributed by atoms with Crippen molar-refractivity contribution < 1.29 is 19.0 Å². The number of carbonyl (C=O) groups is 1. The molecule has 0 saturated carbocycles. The summed E-state index contributed by atoms with van der Waals surface area (Å²) in [4.78, 5) is 11.1. The third-order valence-electron chi connectivity index (χ3n) is 2.39. The Labute approximate surface area is 87.8 Å². The highest BCUT2D eigenvalue weighted by Gasteiger charge is 2.20. The van der Waals surface area contributed by atoms with Crippen molar-refractivity contribution in [2.24, 2.45) is 0 Å². The van der Waals surface area contributed by atoms with Gasteiger partial charge in [0.1, 0.15) is 5.75 Å². The van der Waals surface area contributed by atoms with E-state index in [1.54, 1.807) is 20.3 Å². The van der Waals surface area contributed by atoms with Gasteiger partial charge in [-0.3, -0.25) is 4.79 Å². The molecule has 0 saturated heterocycles. The fraction of sp³-hybridized carbons (Fsp3) is 0.364. The molecule has 0 fully saturated rings. The predicted octanol–water partition coefficient (Wildman–Crippen LogP) is 1.56. The molecule has 2 rings (SSSR count). The minimum absolute atomic E-state index is 0.199. The van der Waals surface area contributed by atoms with E-state index >= 15 is 0 Å². The fourth-order valence-electron chi connectivity index (χ4n) is 1.60. The number of aryl methyl sites for hydroxylation is 1. The van der Waals surface area contributed by atoms with Gasteiger partial charge < -0.3 is 14.2 Å². The van der Waals surface area contributed by atoms with E-state index in [1.807, 2.05) is 6.07 Å². The molecule has 1 aromatic carbocycles. The summed E-state index contributed by atoms with van der Waals surface area (Å²) in [7, 11) is 3.13. The normalized spacial score (nSPS) is 14.1. The Balaban J connectivity index is 2.45. The van der Waals surface area contributed by atoms with E-state index in [1.165, 1.54) is 0 Å². The van der Waals surface area contributed by atoms with Gasteiger partial charge in [0.2, 0.25) is 0 Å². The number of hydrogen-bond acceptors (Lipinski definition) is 4. The van der Waals surface area contributed by atoms with Gasteiger partial charge in [0, 0.05) is 6.07 Å². The lowest BCUT2D eigenvalue weighted by Crippen LogP contribution is -2.15. The number of methoxy groups -OCH3 is 2. The minimum atomic E-state index is -0.199. The van der Waals surface area contributed by atoms with Crippen LogP contribution in [0.4, 0.5) is 0 Å². The first kappa shape index (κ1) is 9.83. The van der Waals surface area contributed by atoms with Gasteiger partial charge in [-0.25, -0.2) is 0 Å². The topological polar surface area (TPSA) is 44.8 Å². The molecule has 0 spiro atoms. The molecule has 0 amide bonds. The lowest BCUT2D eigenvalue weighted by molar-refractivity contribution is -0.135. The van der Waals surface area contributed by atoms with Crippen molar-refractivity contribution in [2.45, 2.75) is 12.8 Å². The van der Waals surface area contributed by atoms with Gasteiger partial charge in [-0.15, -0.1) is 0 Å². The van der Waals surface area contributed by atoms with Crippen LogP contribution in [0.3, 0.4) is 0 Å². The largest absolute Gasteiger partial charge is 0.493 e. The maximum absolute atomic E-state index is 11.1. The summed E-state index contributed by atoms with van der Waals surface area (Å²) in [6.07, 6.45) is 1.11. The zero-order chi connectivity index (χ0) is 10.8. The molecule has 0 aliphatic carbocycles. The summed E-state index contributed by atoms with van der Waals surface area (Å²) >= 11 is 0. The van der Waals surface area contributed by atoms with E-state index < -0.39 is 0 Å². The lowest BCUT2D eigenvalue weighted by Gasteiger charge is -2.18. The van der Waals surface area contributed by atoms with Crippen molar-refractivity contribution in [3.63, 3.8) is 0 Å². The number of esters is 1. The van der Waals surface area contributed by atoms with Crippen LogP contribution < -0.4 is 14.2 Å². The Morgan fingerprint density at radius 3 is 2.47 bits per heavy atom. The Kier molecular flexibility index (Phi) is 2.49. The van der Waals surface area contributed by atoms with Gasteiger partial charge in [-0.2, -0.15) is 0 Å². The number of ether oxygens (including phenoxy) is 3. The van der Waals surface area contributed by atoms with E-state index in [2.05, 4.69) is 0 Å². The maximum atomic E-state index is 11.1. The minimum Gasteiger partial charge on any atom is -0.493 e. The van der Waals surface area contributed by atoms with Crippen LogP contribution in [0.5, 0.6) is 17.2 Å². The Hall–Kier alpha value is -1.71. The molecule has 0 bridgehead atoms. The van der Waals surface area contributed by atoms with Crippen molar-refractivity contribution in [3.8, 4) is 17.2 Å². The van der Waals surface area contributed by atoms with Crippen LogP contribution in [0.15, 0.2) is 12.1 Å². The molecule has 0 atom stereocenters. The van der Waals surface area contributed by atoms with E-state index in [4.69, 9.17) is 14.2 Å². The van der Waals surface area contributed by atoms with E-state index in [-0.39, 0.29) is 5.97 Å². The summed E-state index contributed by atoms with van der Waals surface area (Å²) in [5.74, 6) is 1.61. The molecular weight excluding hydrogens is 196 g/mol. The average molecular weight is 208 g/mol. The van der Waals surface area contributed by atoms with E-state index in [0.29, 0.717) is 30.1 Å². The number of benzene rings is 1. The third kappa shape index (κ3) is 1.75. The molecule has 0 radical (unpaired) electrons.